The molecule has 0 unspecified atom stereocenters. The molecular formula is C15H25NO3. The Hall–Kier alpha value is -1.42. The maximum Gasteiger partial charge on any atom is 0.129 e. The van der Waals surface area contributed by atoms with E-state index in [2.05, 4.69) is 0 Å². The highest BCUT2D eigenvalue weighted by atomic mass is 16.5. The Morgan fingerprint density at radius 1 is 0.895 bits per heavy atom. The zero-order chi connectivity index (χ0) is 14.1. The maximum atomic E-state index is 5.71. The van der Waals surface area contributed by atoms with Gasteiger partial charge in [-0.2, -0.15) is 0 Å². The molecule has 0 amide bonds. The molecule has 0 radical (unpaired) electrons. The molecule has 4 heteroatoms. The third-order valence-corrected chi connectivity index (χ3v) is 2.68. The van der Waals surface area contributed by atoms with Crippen LogP contribution in [-0.4, -0.2) is 26.4 Å². The van der Waals surface area contributed by atoms with Crippen molar-refractivity contribution in [3.8, 4) is 17.2 Å². The van der Waals surface area contributed by atoms with Gasteiger partial charge >= 0.3 is 0 Å². The summed E-state index contributed by atoms with van der Waals surface area (Å²) in [5.41, 5.74) is 6.68. The molecule has 0 spiro atoms. The minimum Gasteiger partial charge on any atom is -0.494 e. The van der Waals surface area contributed by atoms with E-state index in [0.29, 0.717) is 26.4 Å². The molecule has 0 saturated carbocycles. The van der Waals surface area contributed by atoms with Crippen LogP contribution in [0.15, 0.2) is 12.1 Å². The highest BCUT2D eigenvalue weighted by Gasteiger charge is 2.13. The van der Waals surface area contributed by atoms with Crippen LogP contribution in [0.1, 0.15) is 32.8 Å². The van der Waals surface area contributed by atoms with Gasteiger partial charge in [-0.3, -0.25) is 0 Å². The van der Waals surface area contributed by atoms with Gasteiger partial charge in [0.05, 0.1) is 19.8 Å². The van der Waals surface area contributed by atoms with Crippen molar-refractivity contribution in [3.05, 3.63) is 17.7 Å². The molecule has 0 aliphatic carbocycles. The Kier molecular flexibility index (Phi) is 7.11. The quantitative estimate of drug-likeness (QED) is 0.747. The first kappa shape index (κ1) is 15.6. The van der Waals surface area contributed by atoms with Crippen LogP contribution >= 0.6 is 0 Å². The second kappa shape index (κ2) is 8.64. The zero-order valence-electron chi connectivity index (χ0n) is 12.2. The Morgan fingerprint density at radius 2 is 1.42 bits per heavy atom. The summed E-state index contributed by atoms with van der Waals surface area (Å²) in [5.74, 6) is 2.46. The molecule has 0 aliphatic rings. The molecule has 108 valence electrons. The summed E-state index contributed by atoms with van der Waals surface area (Å²) >= 11 is 0. The van der Waals surface area contributed by atoms with E-state index in [4.69, 9.17) is 19.9 Å². The van der Waals surface area contributed by atoms with Gasteiger partial charge in [0.15, 0.2) is 0 Å². The average Bonchev–Trinajstić information content (AvgIpc) is 2.39. The van der Waals surface area contributed by atoms with E-state index in [1.54, 1.807) is 0 Å². The maximum absolute atomic E-state index is 5.71. The van der Waals surface area contributed by atoms with Crippen molar-refractivity contribution in [2.24, 2.45) is 5.73 Å². The van der Waals surface area contributed by atoms with Crippen molar-refractivity contribution < 1.29 is 14.2 Å². The van der Waals surface area contributed by atoms with Crippen molar-refractivity contribution in [2.75, 3.05) is 26.4 Å². The van der Waals surface area contributed by atoms with Crippen molar-refractivity contribution in [1.82, 2.24) is 0 Å². The van der Waals surface area contributed by atoms with E-state index in [1.165, 1.54) is 0 Å². The molecule has 0 aliphatic heterocycles. The first-order valence-corrected chi connectivity index (χ1v) is 7.02. The van der Waals surface area contributed by atoms with Gasteiger partial charge in [0, 0.05) is 17.7 Å². The third kappa shape index (κ3) is 4.63. The molecule has 0 saturated heterocycles. The summed E-state index contributed by atoms with van der Waals surface area (Å²) in [7, 11) is 0. The first-order valence-electron chi connectivity index (χ1n) is 7.02. The molecule has 2 N–H and O–H groups in total. The van der Waals surface area contributed by atoms with Crippen molar-refractivity contribution >= 4 is 0 Å². The molecule has 4 nitrogen and oxygen atoms in total. The zero-order valence-corrected chi connectivity index (χ0v) is 12.2. The molecule has 1 aromatic carbocycles. The fourth-order valence-corrected chi connectivity index (χ4v) is 1.94. The van der Waals surface area contributed by atoms with E-state index in [-0.39, 0.29) is 0 Å². The lowest BCUT2D eigenvalue weighted by molar-refractivity contribution is 0.302. The normalized spacial score (nSPS) is 10.3. The van der Waals surface area contributed by atoms with Crippen LogP contribution in [-0.2, 0) is 6.42 Å². The van der Waals surface area contributed by atoms with Crippen LogP contribution in [0, 0.1) is 0 Å². The van der Waals surface area contributed by atoms with Crippen molar-refractivity contribution in [3.63, 3.8) is 0 Å². The molecule has 0 heterocycles. The van der Waals surface area contributed by atoms with Gasteiger partial charge in [-0.15, -0.1) is 0 Å². The lowest BCUT2D eigenvalue weighted by Crippen LogP contribution is -2.06. The van der Waals surface area contributed by atoms with Gasteiger partial charge in [-0.1, -0.05) is 0 Å². The Balaban J connectivity index is 3.11. The van der Waals surface area contributed by atoms with Gasteiger partial charge in [0.25, 0.3) is 0 Å². The van der Waals surface area contributed by atoms with Gasteiger partial charge < -0.3 is 19.9 Å². The molecule has 1 rings (SSSR count). The largest absolute Gasteiger partial charge is 0.494 e. The smallest absolute Gasteiger partial charge is 0.129 e. The van der Waals surface area contributed by atoms with Crippen LogP contribution < -0.4 is 19.9 Å². The average molecular weight is 267 g/mol. The van der Waals surface area contributed by atoms with Gasteiger partial charge in [0.1, 0.15) is 17.2 Å². The van der Waals surface area contributed by atoms with Crippen LogP contribution in [0.3, 0.4) is 0 Å². The fraction of sp³-hybridized carbons (Fsp3) is 0.600. The predicted molar refractivity (Wildman–Crippen MR) is 77.3 cm³/mol. The number of hydrogen-bond donors (Lipinski definition) is 1. The molecule has 19 heavy (non-hydrogen) atoms. The van der Waals surface area contributed by atoms with Gasteiger partial charge in [-0.05, 0) is 40.2 Å². The van der Waals surface area contributed by atoms with Crippen molar-refractivity contribution in [2.45, 2.75) is 33.6 Å². The standard InChI is InChI=1S/C15H25NO3/c1-4-17-12-10-14(18-5-2)13(8-7-9-16)15(11-12)19-6-3/h10-11H,4-9,16H2,1-3H3. The number of ether oxygens (including phenoxy) is 3. The Morgan fingerprint density at radius 3 is 1.84 bits per heavy atom. The van der Waals surface area contributed by atoms with Crippen LogP contribution in [0.4, 0.5) is 0 Å². The Labute approximate surface area is 115 Å². The van der Waals surface area contributed by atoms with E-state index < -0.39 is 0 Å². The summed E-state index contributed by atoms with van der Waals surface area (Å²) in [6.07, 6.45) is 1.77. The summed E-state index contributed by atoms with van der Waals surface area (Å²) in [6.45, 7) is 8.43. The van der Waals surface area contributed by atoms with Crippen LogP contribution in [0.5, 0.6) is 17.2 Å². The van der Waals surface area contributed by atoms with E-state index in [0.717, 1.165) is 35.7 Å². The van der Waals surface area contributed by atoms with E-state index >= 15 is 0 Å². The summed E-state index contributed by atoms with van der Waals surface area (Å²) in [5, 5.41) is 0. The predicted octanol–water partition coefficient (Wildman–Crippen LogP) is 2.77. The monoisotopic (exact) mass is 267 g/mol. The highest BCUT2D eigenvalue weighted by Crippen LogP contribution is 2.35. The molecule has 0 atom stereocenters. The first-order chi connectivity index (χ1) is 9.26. The molecule has 0 bridgehead atoms. The molecular weight excluding hydrogens is 242 g/mol. The summed E-state index contributed by atoms with van der Waals surface area (Å²) < 4.78 is 17.0. The minimum absolute atomic E-state index is 0.622. The number of benzene rings is 1. The minimum atomic E-state index is 0.622. The lowest BCUT2D eigenvalue weighted by Gasteiger charge is -2.17. The summed E-state index contributed by atoms with van der Waals surface area (Å²) in [4.78, 5) is 0. The van der Waals surface area contributed by atoms with E-state index in [9.17, 15) is 0 Å². The van der Waals surface area contributed by atoms with Crippen molar-refractivity contribution in [1.29, 1.82) is 0 Å². The second-order valence-corrected chi connectivity index (χ2v) is 4.09. The SMILES string of the molecule is CCOc1cc(OCC)c(CCCN)c(OCC)c1. The van der Waals surface area contributed by atoms with Gasteiger partial charge in [-0.25, -0.2) is 0 Å². The topological polar surface area (TPSA) is 53.7 Å². The number of nitrogens with two attached hydrogens (primary N) is 1. The van der Waals surface area contributed by atoms with Gasteiger partial charge in [0.2, 0.25) is 0 Å². The Bertz CT molecular complexity index is 353. The van der Waals surface area contributed by atoms with Crippen LogP contribution in [0.25, 0.3) is 0 Å². The van der Waals surface area contributed by atoms with E-state index in [1.807, 2.05) is 32.9 Å². The highest BCUT2D eigenvalue weighted by molar-refractivity contribution is 5.51. The lowest BCUT2D eigenvalue weighted by atomic mass is 10.1. The number of hydrogen-bond acceptors (Lipinski definition) is 4. The molecule has 1 aromatic rings. The molecule has 0 aromatic heterocycles. The summed E-state index contributed by atoms with van der Waals surface area (Å²) in [6, 6.07) is 3.86. The third-order valence-electron chi connectivity index (χ3n) is 2.68. The molecule has 0 fully saturated rings. The second-order valence-electron chi connectivity index (χ2n) is 4.09. The van der Waals surface area contributed by atoms with Crippen LogP contribution in [0.2, 0.25) is 0 Å². The fourth-order valence-electron chi connectivity index (χ4n) is 1.94. The number of rotatable bonds is 9.